The highest BCUT2D eigenvalue weighted by Gasteiger charge is 2.09. The molecule has 0 aliphatic carbocycles. The zero-order valence-corrected chi connectivity index (χ0v) is 12.3. The SMILES string of the molecule is COc1ccc(C(=O)NCc2ccccc2Cl)cc1Cl. The molecule has 0 heterocycles. The normalized spacial score (nSPS) is 10.2. The van der Waals surface area contributed by atoms with Crippen molar-refractivity contribution in [1.29, 1.82) is 0 Å². The van der Waals surface area contributed by atoms with Crippen LogP contribution < -0.4 is 10.1 Å². The monoisotopic (exact) mass is 309 g/mol. The molecule has 0 bridgehead atoms. The third-order valence-electron chi connectivity index (χ3n) is 2.81. The molecule has 0 saturated heterocycles. The summed E-state index contributed by atoms with van der Waals surface area (Å²) in [5.74, 6) is 0.323. The van der Waals surface area contributed by atoms with Gasteiger partial charge in [-0.15, -0.1) is 0 Å². The van der Waals surface area contributed by atoms with E-state index in [4.69, 9.17) is 27.9 Å². The Labute approximate surface area is 127 Å². The van der Waals surface area contributed by atoms with Crippen LogP contribution in [0, 0.1) is 0 Å². The maximum absolute atomic E-state index is 12.0. The molecule has 0 spiro atoms. The van der Waals surface area contributed by atoms with Gasteiger partial charge in [0.25, 0.3) is 5.91 Å². The van der Waals surface area contributed by atoms with Gasteiger partial charge >= 0.3 is 0 Å². The van der Waals surface area contributed by atoms with Gasteiger partial charge < -0.3 is 10.1 Å². The van der Waals surface area contributed by atoms with E-state index in [0.29, 0.717) is 27.9 Å². The lowest BCUT2D eigenvalue weighted by atomic mass is 10.2. The Morgan fingerprint density at radius 1 is 1.15 bits per heavy atom. The van der Waals surface area contributed by atoms with Gasteiger partial charge in [-0.1, -0.05) is 41.4 Å². The number of hydrogen-bond donors (Lipinski definition) is 1. The maximum Gasteiger partial charge on any atom is 0.251 e. The number of amides is 1. The molecule has 104 valence electrons. The Morgan fingerprint density at radius 3 is 2.55 bits per heavy atom. The van der Waals surface area contributed by atoms with E-state index < -0.39 is 0 Å². The summed E-state index contributed by atoms with van der Waals surface area (Å²) in [6.45, 7) is 0.363. The molecule has 0 saturated carbocycles. The van der Waals surface area contributed by atoms with Gasteiger partial charge in [-0.25, -0.2) is 0 Å². The van der Waals surface area contributed by atoms with Crippen LogP contribution in [0.1, 0.15) is 15.9 Å². The molecule has 20 heavy (non-hydrogen) atoms. The van der Waals surface area contributed by atoms with E-state index >= 15 is 0 Å². The highest BCUT2D eigenvalue weighted by molar-refractivity contribution is 6.32. The van der Waals surface area contributed by atoms with Crippen LogP contribution in [0.25, 0.3) is 0 Å². The Kier molecular flexibility index (Phi) is 4.88. The van der Waals surface area contributed by atoms with Crippen molar-refractivity contribution in [3.63, 3.8) is 0 Å². The Hall–Kier alpha value is -1.71. The third kappa shape index (κ3) is 3.44. The van der Waals surface area contributed by atoms with E-state index in [1.165, 1.54) is 7.11 Å². The molecule has 2 rings (SSSR count). The van der Waals surface area contributed by atoms with Crippen LogP contribution in [-0.2, 0) is 6.54 Å². The van der Waals surface area contributed by atoms with Crippen molar-refractivity contribution in [3.8, 4) is 5.75 Å². The highest BCUT2D eigenvalue weighted by atomic mass is 35.5. The molecule has 0 atom stereocenters. The second-order valence-corrected chi connectivity index (χ2v) is 4.94. The first-order valence-electron chi connectivity index (χ1n) is 5.97. The number of carbonyl (C=O) groups is 1. The molecule has 0 fully saturated rings. The van der Waals surface area contributed by atoms with E-state index in [1.54, 1.807) is 24.3 Å². The lowest BCUT2D eigenvalue weighted by Crippen LogP contribution is -2.22. The molecular weight excluding hydrogens is 297 g/mol. The first-order valence-corrected chi connectivity index (χ1v) is 6.72. The Morgan fingerprint density at radius 2 is 1.90 bits per heavy atom. The van der Waals surface area contributed by atoms with Gasteiger partial charge in [-0.2, -0.15) is 0 Å². The highest BCUT2D eigenvalue weighted by Crippen LogP contribution is 2.25. The average Bonchev–Trinajstić information content (AvgIpc) is 2.46. The lowest BCUT2D eigenvalue weighted by molar-refractivity contribution is 0.0951. The number of carbonyl (C=O) groups excluding carboxylic acids is 1. The van der Waals surface area contributed by atoms with Gasteiger partial charge in [-0.3, -0.25) is 4.79 Å². The van der Waals surface area contributed by atoms with Crippen molar-refractivity contribution in [2.24, 2.45) is 0 Å². The summed E-state index contributed by atoms with van der Waals surface area (Å²) in [5, 5.41) is 3.82. The Balaban J connectivity index is 2.05. The fourth-order valence-electron chi connectivity index (χ4n) is 1.73. The third-order valence-corrected chi connectivity index (χ3v) is 3.48. The van der Waals surface area contributed by atoms with E-state index in [9.17, 15) is 4.79 Å². The van der Waals surface area contributed by atoms with Crippen LogP contribution in [0.5, 0.6) is 5.75 Å². The number of ether oxygens (including phenoxy) is 1. The van der Waals surface area contributed by atoms with Gasteiger partial charge in [0, 0.05) is 17.1 Å². The number of benzene rings is 2. The van der Waals surface area contributed by atoms with Crippen molar-refractivity contribution in [3.05, 3.63) is 63.6 Å². The summed E-state index contributed by atoms with van der Waals surface area (Å²) in [4.78, 5) is 12.0. The van der Waals surface area contributed by atoms with E-state index in [2.05, 4.69) is 5.32 Å². The zero-order valence-electron chi connectivity index (χ0n) is 10.8. The van der Waals surface area contributed by atoms with Crippen molar-refractivity contribution < 1.29 is 9.53 Å². The summed E-state index contributed by atoms with van der Waals surface area (Å²) in [7, 11) is 1.53. The fraction of sp³-hybridized carbons (Fsp3) is 0.133. The quantitative estimate of drug-likeness (QED) is 0.929. The zero-order chi connectivity index (χ0) is 14.5. The molecule has 0 unspecified atom stereocenters. The first kappa shape index (κ1) is 14.7. The van der Waals surface area contributed by atoms with Crippen LogP contribution >= 0.6 is 23.2 Å². The molecule has 2 aromatic carbocycles. The minimum absolute atomic E-state index is 0.213. The fourth-order valence-corrected chi connectivity index (χ4v) is 2.19. The molecule has 0 aliphatic rings. The van der Waals surface area contributed by atoms with Crippen LogP contribution in [0.4, 0.5) is 0 Å². The minimum atomic E-state index is -0.213. The topological polar surface area (TPSA) is 38.3 Å². The van der Waals surface area contributed by atoms with Gasteiger partial charge in [0.1, 0.15) is 5.75 Å². The van der Waals surface area contributed by atoms with E-state index in [-0.39, 0.29) is 5.91 Å². The largest absolute Gasteiger partial charge is 0.495 e. The smallest absolute Gasteiger partial charge is 0.251 e. The molecule has 0 radical (unpaired) electrons. The summed E-state index contributed by atoms with van der Waals surface area (Å²) >= 11 is 12.0. The number of hydrogen-bond acceptors (Lipinski definition) is 2. The van der Waals surface area contributed by atoms with Gasteiger partial charge in [0.2, 0.25) is 0 Å². The molecule has 3 nitrogen and oxygen atoms in total. The predicted molar refractivity (Wildman–Crippen MR) is 80.6 cm³/mol. The first-order chi connectivity index (χ1) is 9.61. The van der Waals surface area contributed by atoms with Crippen LogP contribution in [-0.4, -0.2) is 13.0 Å². The number of nitrogens with one attached hydrogen (secondary N) is 1. The van der Waals surface area contributed by atoms with Crippen LogP contribution in [0.2, 0.25) is 10.0 Å². The van der Waals surface area contributed by atoms with Crippen LogP contribution in [0.15, 0.2) is 42.5 Å². The molecule has 0 aromatic heterocycles. The van der Waals surface area contributed by atoms with Gasteiger partial charge in [0.15, 0.2) is 0 Å². The number of methoxy groups -OCH3 is 1. The average molecular weight is 310 g/mol. The summed E-state index contributed by atoms with van der Waals surface area (Å²) < 4.78 is 5.04. The summed E-state index contributed by atoms with van der Waals surface area (Å²) in [6, 6.07) is 12.3. The molecular formula is C15H13Cl2NO2. The summed E-state index contributed by atoms with van der Waals surface area (Å²) in [5.41, 5.74) is 1.34. The Bertz CT molecular complexity index is 629. The second-order valence-electron chi connectivity index (χ2n) is 4.12. The predicted octanol–water partition coefficient (Wildman–Crippen LogP) is 3.93. The standard InChI is InChI=1S/C15H13Cl2NO2/c1-20-14-7-6-10(8-13(14)17)15(19)18-9-11-4-2-3-5-12(11)16/h2-8H,9H2,1H3,(H,18,19). The molecule has 1 N–H and O–H groups in total. The number of halogens is 2. The molecule has 1 amide bonds. The second kappa shape index (κ2) is 6.64. The number of rotatable bonds is 4. The molecule has 5 heteroatoms. The maximum atomic E-state index is 12.0. The molecule has 0 aliphatic heterocycles. The van der Waals surface area contributed by atoms with Crippen molar-refractivity contribution in [1.82, 2.24) is 5.32 Å². The van der Waals surface area contributed by atoms with E-state index in [0.717, 1.165) is 5.56 Å². The van der Waals surface area contributed by atoms with Crippen molar-refractivity contribution in [2.75, 3.05) is 7.11 Å². The summed E-state index contributed by atoms with van der Waals surface area (Å²) in [6.07, 6.45) is 0. The molecule has 2 aromatic rings. The minimum Gasteiger partial charge on any atom is -0.495 e. The van der Waals surface area contributed by atoms with E-state index in [1.807, 2.05) is 18.2 Å². The van der Waals surface area contributed by atoms with Crippen molar-refractivity contribution >= 4 is 29.1 Å². The van der Waals surface area contributed by atoms with Crippen LogP contribution in [0.3, 0.4) is 0 Å². The van der Waals surface area contributed by atoms with Crippen molar-refractivity contribution in [2.45, 2.75) is 6.54 Å². The van der Waals surface area contributed by atoms with Gasteiger partial charge in [0.05, 0.1) is 12.1 Å². The lowest BCUT2D eigenvalue weighted by Gasteiger charge is -2.08. The van der Waals surface area contributed by atoms with Gasteiger partial charge in [-0.05, 0) is 29.8 Å².